The van der Waals surface area contributed by atoms with Crippen LogP contribution in [0.5, 0.6) is 34.5 Å². The number of methoxy groups -OCH3 is 2. The van der Waals surface area contributed by atoms with Crippen LogP contribution in [0.2, 0.25) is 0 Å². The minimum Gasteiger partial charge on any atom is -0.508 e. The Balaban J connectivity index is 1.28. The number of carbonyl (C=O) groups excluding carboxylic acids is 1. The van der Waals surface area contributed by atoms with Gasteiger partial charge in [0.05, 0.1) is 26.2 Å². The van der Waals surface area contributed by atoms with Crippen LogP contribution in [0, 0.1) is 5.92 Å². The molecule has 8 rings (SSSR count). The number of Topliss-reactive ketones (excluding diaryl/α,β-unsaturated/α-hetero) is 1. The van der Waals surface area contributed by atoms with Crippen LogP contribution in [-0.4, -0.2) is 56.6 Å². The molecule has 0 radical (unpaired) electrons. The molecule has 0 saturated heterocycles. The van der Waals surface area contributed by atoms with Gasteiger partial charge in [-0.15, -0.1) is 0 Å². The van der Waals surface area contributed by atoms with Gasteiger partial charge in [-0.05, 0) is 150 Å². The number of benzene rings is 4. The number of aryl methyl sites for hydroxylation is 2. The highest BCUT2D eigenvalue weighted by atomic mass is 16.5. The van der Waals surface area contributed by atoms with Gasteiger partial charge in [0.25, 0.3) is 0 Å². The zero-order valence-electron chi connectivity index (χ0n) is 31.2. The number of aromatic hydroxyl groups is 4. The Morgan fingerprint density at radius 1 is 0.891 bits per heavy atom. The predicted molar refractivity (Wildman–Crippen MR) is 210 cm³/mol. The summed E-state index contributed by atoms with van der Waals surface area (Å²) in [6.07, 6.45) is 6.99. The number of anilines is 2. The lowest BCUT2D eigenvalue weighted by Crippen LogP contribution is -2.45. The topological polar surface area (TPSA) is 162 Å². The van der Waals surface area contributed by atoms with E-state index in [1.807, 2.05) is 36.4 Å². The molecule has 4 unspecified atom stereocenters. The van der Waals surface area contributed by atoms with Gasteiger partial charge in [-0.25, -0.2) is 4.98 Å². The first-order valence-corrected chi connectivity index (χ1v) is 19.3. The largest absolute Gasteiger partial charge is 0.508 e. The first-order valence-electron chi connectivity index (χ1n) is 19.3. The molecular formula is C45H48N2O8. The van der Waals surface area contributed by atoms with Crippen molar-refractivity contribution in [1.82, 2.24) is 4.98 Å². The van der Waals surface area contributed by atoms with Gasteiger partial charge in [0.1, 0.15) is 17.4 Å². The van der Waals surface area contributed by atoms with Crippen LogP contribution in [0.3, 0.4) is 0 Å². The zero-order valence-corrected chi connectivity index (χ0v) is 31.2. The van der Waals surface area contributed by atoms with Crippen molar-refractivity contribution in [3.8, 4) is 34.5 Å². The molecule has 3 aliphatic rings. The second-order valence-electron chi connectivity index (χ2n) is 15.7. The van der Waals surface area contributed by atoms with E-state index in [1.54, 1.807) is 30.5 Å². The fourth-order valence-electron chi connectivity index (χ4n) is 10.0. The highest BCUT2D eigenvalue weighted by Gasteiger charge is 2.50. The Kier molecular flexibility index (Phi) is 9.71. The number of carbonyl (C=O) groups is 1. The molecule has 1 aliphatic heterocycles. The number of aliphatic hydroxyl groups excluding tert-OH is 1. The van der Waals surface area contributed by atoms with Gasteiger partial charge in [0, 0.05) is 23.7 Å². The van der Waals surface area contributed by atoms with Crippen LogP contribution in [0.4, 0.5) is 11.5 Å². The number of nitrogens with one attached hydrogen (secondary N) is 1. The molecule has 2 aliphatic carbocycles. The number of hydrogen-bond acceptors (Lipinski definition) is 10. The van der Waals surface area contributed by atoms with Gasteiger partial charge in [0.15, 0.2) is 23.0 Å². The van der Waals surface area contributed by atoms with Crippen LogP contribution in [0.15, 0.2) is 72.9 Å². The average Bonchev–Trinajstić information content (AvgIpc) is 3.67. The molecule has 1 aromatic heterocycles. The summed E-state index contributed by atoms with van der Waals surface area (Å²) in [5, 5.41) is 60.4. The van der Waals surface area contributed by atoms with E-state index in [0.29, 0.717) is 36.4 Å². The SMILES string of the molecule is COc1cc(CCC(O)C2C(=O)CC(c3cc(O)c(O)c(OC)c3)CC3CCc4cc(O)cc5ccc(c3c45)Nc3cc(ccn3)C23CCCC3)ccc1O. The molecule has 2 bridgehead atoms. The minimum absolute atomic E-state index is 0.0276. The lowest BCUT2D eigenvalue weighted by atomic mass is 9.63. The van der Waals surface area contributed by atoms with E-state index >= 15 is 4.79 Å². The molecule has 4 aromatic carbocycles. The zero-order chi connectivity index (χ0) is 38.4. The van der Waals surface area contributed by atoms with E-state index in [0.717, 1.165) is 77.2 Å². The lowest BCUT2D eigenvalue weighted by Gasteiger charge is -2.41. The Morgan fingerprint density at radius 3 is 2.47 bits per heavy atom. The second-order valence-corrected chi connectivity index (χ2v) is 15.7. The van der Waals surface area contributed by atoms with E-state index in [1.165, 1.54) is 20.3 Å². The molecule has 5 aromatic rings. The molecule has 55 heavy (non-hydrogen) atoms. The van der Waals surface area contributed by atoms with E-state index in [9.17, 15) is 25.5 Å². The maximum Gasteiger partial charge on any atom is 0.200 e. The second kappa shape index (κ2) is 14.6. The molecule has 1 spiro atoms. The van der Waals surface area contributed by atoms with Gasteiger partial charge in [0.2, 0.25) is 5.75 Å². The van der Waals surface area contributed by atoms with E-state index in [4.69, 9.17) is 14.5 Å². The monoisotopic (exact) mass is 744 g/mol. The molecule has 4 atom stereocenters. The number of hydrogen-bond donors (Lipinski definition) is 6. The summed E-state index contributed by atoms with van der Waals surface area (Å²) in [5.74, 6) is -0.534. The third kappa shape index (κ3) is 6.66. The number of aromatic nitrogens is 1. The number of rotatable bonds is 7. The van der Waals surface area contributed by atoms with Gasteiger partial charge >= 0.3 is 0 Å². The molecule has 6 N–H and O–H groups in total. The average molecular weight is 745 g/mol. The van der Waals surface area contributed by atoms with Crippen molar-refractivity contribution in [2.24, 2.45) is 5.92 Å². The highest BCUT2D eigenvalue weighted by molar-refractivity contribution is 5.96. The fourth-order valence-corrected chi connectivity index (χ4v) is 10.0. The standard InChI is InChI=1S/C45H48N2O8/c1-54-38-17-25(5-11-34(38)49)6-12-35(50)43-36(51)21-29(30-22-37(52)44(53)39(23-30)55-2)18-26-7-8-27-19-32(48)20-28-9-10-33(42(26)41(27)28)47-40-24-31(13-16-46-40)45(43)14-3-4-15-45/h5,9-11,13,16-17,19-20,22-24,26,29,35,43,48-50,52-53H,3-4,6-8,12,14-15,18,21H2,1-2H3,(H,46,47). The van der Waals surface area contributed by atoms with Crippen molar-refractivity contribution < 1.29 is 39.8 Å². The maximum atomic E-state index is 15.3. The number of phenols is 4. The van der Waals surface area contributed by atoms with Crippen LogP contribution < -0.4 is 14.8 Å². The molecule has 10 heteroatoms. The maximum absolute atomic E-state index is 15.3. The van der Waals surface area contributed by atoms with Crippen molar-refractivity contribution in [3.05, 3.63) is 101 Å². The van der Waals surface area contributed by atoms with Crippen LogP contribution in [0.25, 0.3) is 10.8 Å². The highest BCUT2D eigenvalue weighted by Crippen LogP contribution is 2.53. The molecule has 2 heterocycles. The molecule has 286 valence electrons. The summed E-state index contributed by atoms with van der Waals surface area (Å²) in [6, 6.07) is 20.1. The Hall–Kier alpha value is -5.48. The molecule has 1 saturated carbocycles. The van der Waals surface area contributed by atoms with Gasteiger partial charge in [-0.1, -0.05) is 25.0 Å². The van der Waals surface area contributed by atoms with Crippen molar-refractivity contribution in [1.29, 1.82) is 0 Å². The predicted octanol–water partition coefficient (Wildman–Crippen LogP) is 8.42. The number of ketones is 1. The van der Waals surface area contributed by atoms with Crippen molar-refractivity contribution >= 4 is 28.1 Å². The van der Waals surface area contributed by atoms with Crippen molar-refractivity contribution in [2.75, 3.05) is 19.5 Å². The van der Waals surface area contributed by atoms with E-state index in [-0.39, 0.29) is 46.9 Å². The molecule has 10 nitrogen and oxygen atoms in total. The van der Waals surface area contributed by atoms with Gasteiger partial charge in [-0.3, -0.25) is 4.79 Å². The Morgan fingerprint density at radius 2 is 1.69 bits per heavy atom. The summed E-state index contributed by atoms with van der Waals surface area (Å²) >= 11 is 0. The third-order valence-corrected chi connectivity index (χ3v) is 12.6. The molecular weight excluding hydrogens is 697 g/mol. The van der Waals surface area contributed by atoms with Crippen molar-refractivity contribution in [3.63, 3.8) is 0 Å². The first-order chi connectivity index (χ1) is 26.6. The van der Waals surface area contributed by atoms with E-state index < -0.39 is 23.4 Å². The summed E-state index contributed by atoms with van der Waals surface area (Å²) in [4.78, 5) is 20.1. The number of pyridine rings is 1. The first kappa shape index (κ1) is 36.5. The Bertz CT molecular complexity index is 2260. The number of ether oxygens (including phenoxy) is 2. The fraction of sp³-hybridized carbons (Fsp3) is 0.378. The smallest absolute Gasteiger partial charge is 0.200 e. The minimum atomic E-state index is -0.991. The summed E-state index contributed by atoms with van der Waals surface area (Å²) < 4.78 is 10.8. The van der Waals surface area contributed by atoms with Crippen LogP contribution >= 0.6 is 0 Å². The van der Waals surface area contributed by atoms with Gasteiger partial charge < -0.3 is 40.3 Å². The number of nitrogens with zero attached hydrogens (tertiary/aromatic N) is 1. The van der Waals surface area contributed by atoms with Crippen LogP contribution in [0.1, 0.15) is 91.0 Å². The normalized spacial score (nSPS) is 20.9. The van der Waals surface area contributed by atoms with Crippen molar-refractivity contribution in [2.45, 2.75) is 87.6 Å². The molecule has 1 fully saturated rings. The number of phenolic OH excluding ortho intramolecular Hbond substituents is 4. The third-order valence-electron chi connectivity index (χ3n) is 12.6. The van der Waals surface area contributed by atoms with E-state index in [2.05, 4.69) is 5.32 Å². The Labute approximate surface area is 320 Å². The summed E-state index contributed by atoms with van der Waals surface area (Å²) in [7, 11) is 2.93. The quantitative estimate of drug-likeness (QED) is 0.0893. The molecule has 0 amide bonds. The summed E-state index contributed by atoms with van der Waals surface area (Å²) in [5.41, 5.74) is 4.91. The number of aliphatic hydroxyl groups is 1. The summed E-state index contributed by atoms with van der Waals surface area (Å²) in [6.45, 7) is 0. The van der Waals surface area contributed by atoms with Gasteiger partial charge in [-0.2, -0.15) is 0 Å². The lowest BCUT2D eigenvalue weighted by molar-refractivity contribution is -0.130. The number of fused-ring (bicyclic) bond motifs is 3. The van der Waals surface area contributed by atoms with Crippen LogP contribution in [-0.2, 0) is 23.1 Å².